The Morgan fingerprint density at radius 2 is 2.14 bits per heavy atom. The van der Waals surface area contributed by atoms with Gasteiger partial charge in [0.15, 0.2) is 0 Å². The van der Waals surface area contributed by atoms with Gasteiger partial charge in [0, 0.05) is 12.6 Å². The number of nitrogens with one attached hydrogen (secondary N) is 1. The topological polar surface area (TPSA) is 21.3 Å². The first-order valence-corrected chi connectivity index (χ1v) is 5.23. The van der Waals surface area contributed by atoms with E-state index < -0.39 is 0 Å². The average Bonchev–Trinajstić information content (AvgIpc) is 2.23. The minimum Gasteiger partial charge on any atom is -0.376 e. The molecule has 1 aliphatic rings. The molecule has 0 aromatic heterocycles. The smallest absolute Gasteiger partial charge is 0.0672 e. The Morgan fingerprint density at radius 3 is 2.79 bits per heavy atom. The predicted molar refractivity (Wildman–Crippen MR) is 57.4 cm³/mol. The van der Waals surface area contributed by atoms with Gasteiger partial charge in [-0.25, -0.2) is 0 Å². The Bertz CT molecular complexity index is 265. The molecule has 0 radical (unpaired) electrons. The van der Waals surface area contributed by atoms with Gasteiger partial charge >= 0.3 is 0 Å². The van der Waals surface area contributed by atoms with Crippen molar-refractivity contribution in [2.45, 2.75) is 25.5 Å². The van der Waals surface area contributed by atoms with Gasteiger partial charge in [-0.05, 0) is 18.9 Å². The van der Waals surface area contributed by atoms with Crippen molar-refractivity contribution in [2.24, 2.45) is 0 Å². The highest BCUT2D eigenvalue weighted by Gasteiger charge is 2.17. The zero-order chi connectivity index (χ0) is 9.80. The number of morpholine rings is 1. The Kier molecular flexibility index (Phi) is 3.17. The van der Waals surface area contributed by atoms with E-state index in [1.807, 2.05) is 0 Å². The molecule has 1 fully saturated rings. The lowest BCUT2D eigenvalue weighted by molar-refractivity contribution is 0.0155. The number of rotatable bonds is 2. The second kappa shape index (κ2) is 4.58. The van der Waals surface area contributed by atoms with Crippen LogP contribution in [0.2, 0.25) is 0 Å². The average molecular weight is 191 g/mol. The van der Waals surface area contributed by atoms with Crippen LogP contribution in [-0.4, -0.2) is 25.3 Å². The van der Waals surface area contributed by atoms with Gasteiger partial charge in [-0.3, -0.25) is 0 Å². The van der Waals surface area contributed by atoms with Crippen molar-refractivity contribution in [3.63, 3.8) is 0 Å². The fraction of sp³-hybridized carbons (Fsp3) is 0.500. The van der Waals surface area contributed by atoms with Crippen LogP contribution < -0.4 is 5.32 Å². The molecule has 0 bridgehead atoms. The number of benzene rings is 1. The summed E-state index contributed by atoms with van der Waals surface area (Å²) in [6.07, 6.45) is 1.43. The van der Waals surface area contributed by atoms with E-state index >= 15 is 0 Å². The van der Waals surface area contributed by atoms with Crippen molar-refractivity contribution in [1.82, 2.24) is 5.32 Å². The maximum absolute atomic E-state index is 5.60. The van der Waals surface area contributed by atoms with E-state index in [1.54, 1.807) is 0 Å². The lowest BCUT2D eigenvalue weighted by Crippen LogP contribution is -2.46. The zero-order valence-electron chi connectivity index (χ0n) is 8.57. The van der Waals surface area contributed by atoms with E-state index in [-0.39, 0.29) is 0 Å². The van der Waals surface area contributed by atoms with Crippen LogP contribution in [-0.2, 0) is 11.2 Å². The summed E-state index contributed by atoms with van der Waals surface area (Å²) in [6.45, 7) is 3.90. The van der Waals surface area contributed by atoms with Crippen LogP contribution in [0.5, 0.6) is 0 Å². The summed E-state index contributed by atoms with van der Waals surface area (Å²) in [7, 11) is 0. The standard InChI is InChI=1S/C12H17NO/c1-10-8-13-12(9-14-10)7-11-5-3-2-4-6-11/h2-6,10,12-13H,7-9H2,1H3. The number of hydrogen-bond donors (Lipinski definition) is 1. The molecule has 2 rings (SSSR count). The molecule has 1 heterocycles. The largest absolute Gasteiger partial charge is 0.376 e. The third-order valence-corrected chi connectivity index (χ3v) is 2.60. The van der Waals surface area contributed by atoms with Crippen LogP contribution in [0, 0.1) is 0 Å². The molecule has 2 atom stereocenters. The molecule has 0 aliphatic carbocycles. The van der Waals surface area contributed by atoms with E-state index in [0.717, 1.165) is 19.6 Å². The van der Waals surface area contributed by atoms with Gasteiger partial charge in [0.2, 0.25) is 0 Å². The van der Waals surface area contributed by atoms with Crippen molar-refractivity contribution in [2.75, 3.05) is 13.2 Å². The van der Waals surface area contributed by atoms with Crippen LogP contribution >= 0.6 is 0 Å². The molecule has 76 valence electrons. The third-order valence-electron chi connectivity index (χ3n) is 2.60. The van der Waals surface area contributed by atoms with Gasteiger partial charge in [0.25, 0.3) is 0 Å². The fourth-order valence-corrected chi connectivity index (χ4v) is 1.76. The van der Waals surface area contributed by atoms with Crippen molar-refractivity contribution in [1.29, 1.82) is 0 Å². The van der Waals surface area contributed by atoms with Crippen LogP contribution in [0.25, 0.3) is 0 Å². The molecule has 1 aromatic rings. The lowest BCUT2D eigenvalue weighted by atomic mass is 10.1. The fourth-order valence-electron chi connectivity index (χ4n) is 1.76. The van der Waals surface area contributed by atoms with Gasteiger partial charge in [0.1, 0.15) is 0 Å². The second-order valence-electron chi connectivity index (χ2n) is 3.94. The number of hydrogen-bond acceptors (Lipinski definition) is 2. The quantitative estimate of drug-likeness (QED) is 0.766. The molecular weight excluding hydrogens is 174 g/mol. The van der Waals surface area contributed by atoms with Crippen LogP contribution in [0.4, 0.5) is 0 Å². The lowest BCUT2D eigenvalue weighted by Gasteiger charge is -2.28. The van der Waals surface area contributed by atoms with Crippen molar-refractivity contribution in [3.8, 4) is 0 Å². The minimum atomic E-state index is 0.363. The maximum atomic E-state index is 5.60. The highest BCUT2D eigenvalue weighted by atomic mass is 16.5. The molecule has 2 nitrogen and oxygen atoms in total. The summed E-state index contributed by atoms with van der Waals surface area (Å²) in [4.78, 5) is 0. The van der Waals surface area contributed by atoms with E-state index in [4.69, 9.17) is 4.74 Å². The first kappa shape index (κ1) is 9.69. The number of ether oxygens (including phenoxy) is 1. The normalized spacial score (nSPS) is 27.5. The van der Waals surface area contributed by atoms with Gasteiger partial charge in [-0.2, -0.15) is 0 Å². The SMILES string of the molecule is CC1CNC(Cc2ccccc2)CO1. The van der Waals surface area contributed by atoms with Crippen molar-refractivity contribution < 1.29 is 4.74 Å². The van der Waals surface area contributed by atoms with Crippen LogP contribution in [0.1, 0.15) is 12.5 Å². The zero-order valence-corrected chi connectivity index (χ0v) is 8.57. The van der Waals surface area contributed by atoms with E-state index in [2.05, 4.69) is 42.6 Å². The van der Waals surface area contributed by atoms with Crippen LogP contribution in [0.15, 0.2) is 30.3 Å². The van der Waals surface area contributed by atoms with Gasteiger partial charge in [-0.1, -0.05) is 30.3 Å². The molecule has 1 saturated heterocycles. The molecule has 14 heavy (non-hydrogen) atoms. The Labute approximate surface area is 85.3 Å². The first-order chi connectivity index (χ1) is 6.84. The summed E-state index contributed by atoms with van der Waals surface area (Å²) in [5, 5.41) is 3.49. The first-order valence-electron chi connectivity index (χ1n) is 5.23. The van der Waals surface area contributed by atoms with Crippen molar-refractivity contribution in [3.05, 3.63) is 35.9 Å². The van der Waals surface area contributed by atoms with Gasteiger partial charge in [-0.15, -0.1) is 0 Å². The molecule has 0 spiro atoms. The summed E-state index contributed by atoms with van der Waals surface area (Å²) >= 11 is 0. The Hall–Kier alpha value is -0.860. The molecule has 1 aliphatic heterocycles. The van der Waals surface area contributed by atoms with Crippen LogP contribution in [0.3, 0.4) is 0 Å². The minimum absolute atomic E-state index is 0.363. The third kappa shape index (κ3) is 2.56. The molecule has 1 aromatic carbocycles. The Balaban J connectivity index is 1.87. The summed E-state index contributed by atoms with van der Waals surface area (Å²) < 4.78 is 5.60. The molecular formula is C12H17NO. The summed E-state index contributed by atoms with van der Waals surface area (Å²) in [6, 6.07) is 11.0. The molecule has 0 saturated carbocycles. The van der Waals surface area contributed by atoms with Gasteiger partial charge in [0.05, 0.1) is 12.7 Å². The molecule has 2 heteroatoms. The highest BCUT2D eigenvalue weighted by Crippen LogP contribution is 2.07. The highest BCUT2D eigenvalue weighted by molar-refractivity contribution is 5.16. The molecule has 0 amide bonds. The van der Waals surface area contributed by atoms with Crippen molar-refractivity contribution >= 4 is 0 Å². The van der Waals surface area contributed by atoms with Gasteiger partial charge < -0.3 is 10.1 Å². The Morgan fingerprint density at radius 1 is 1.36 bits per heavy atom. The summed E-state index contributed by atoms with van der Waals surface area (Å²) in [5.41, 5.74) is 1.38. The van der Waals surface area contributed by atoms with E-state index in [9.17, 15) is 0 Å². The predicted octanol–water partition coefficient (Wildman–Crippen LogP) is 1.61. The summed E-state index contributed by atoms with van der Waals surface area (Å²) in [5.74, 6) is 0. The van der Waals surface area contributed by atoms with E-state index in [0.29, 0.717) is 12.1 Å². The molecule has 1 N–H and O–H groups in total. The monoisotopic (exact) mass is 191 g/mol. The molecule has 2 unspecified atom stereocenters. The second-order valence-corrected chi connectivity index (χ2v) is 3.94. The maximum Gasteiger partial charge on any atom is 0.0672 e. The van der Waals surface area contributed by atoms with E-state index in [1.165, 1.54) is 5.56 Å².